The van der Waals surface area contributed by atoms with E-state index in [1.54, 1.807) is 11.3 Å². The first-order chi connectivity index (χ1) is 9.78. The fourth-order valence-electron chi connectivity index (χ4n) is 2.88. The summed E-state index contributed by atoms with van der Waals surface area (Å²) in [7, 11) is 0. The Morgan fingerprint density at radius 1 is 1.35 bits per heavy atom. The first-order valence-corrected chi connectivity index (χ1v) is 8.17. The van der Waals surface area contributed by atoms with Crippen LogP contribution in [0.1, 0.15) is 40.9 Å². The summed E-state index contributed by atoms with van der Waals surface area (Å²) in [6.45, 7) is 0.105. The Morgan fingerprint density at radius 2 is 2.15 bits per heavy atom. The van der Waals surface area contributed by atoms with Crippen molar-refractivity contribution in [1.29, 1.82) is 0 Å². The fraction of sp³-hybridized carbons (Fsp3) is 0.375. The molecule has 0 radical (unpaired) electrons. The average Bonchev–Trinajstić information content (AvgIpc) is 2.86. The molecule has 1 aliphatic rings. The predicted molar refractivity (Wildman–Crippen MR) is 84.4 cm³/mol. The molecule has 106 valence electrons. The molecule has 2 atom stereocenters. The second-order valence-electron chi connectivity index (χ2n) is 5.19. The molecular weight excluding hydrogens is 290 g/mol. The number of hydrogen-bond donors (Lipinski definition) is 2. The van der Waals surface area contributed by atoms with Gasteiger partial charge in [0.2, 0.25) is 0 Å². The van der Waals surface area contributed by atoms with Gasteiger partial charge < -0.3 is 10.4 Å². The third kappa shape index (κ3) is 2.91. The van der Waals surface area contributed by atoms with Crippen LogP contribution in [0.15, 0.2) is 36.4 Å². The molecule has 2 N–H and O–H groups in total. The first-order valence-electron chi connectivity index (χ1n) is 6.98. The van der Waals surface area contributed by atoms with Gasteiger partial charge in [-0.3, -0.25) is 0 Å². The Morgan fingerprint density at radius 3 is 2.90 bits per heavy atom. The van der Waals surface area contributed by atoms with Crippen molar-refractivity contribution in [3.63, 3.8) is 0 Å². The lowest BCUT2D eigenvalue weighted by atomic mass is 9.92. The molecule has 0 amide bonds. The van der Waals surface area contributed by atoms with Gasteiger partial charge in [-0.05, 0) is 36.5 Å². The topological polar surface area (TPSA) is 32.3 Å². The molecule has 1 aromatic heterocycles. The van der Waals surface area contributed by atoms with Gasteiger partial charge >= 0.3 is 0 Å². The average molecular weight is 308 g/mol. The summed E-state index contributed by atoms with van der Waals surface area (Å²) in [4.78, 5) is 1.39. The smallest absolute Gasteiger partial charge is 0.0934 e. The number of halogens is 1. The van der Waals surface area contributed by atoms with Crippen LogP contribution in [-0.4, -0.2) is 11.7 Å². The third-order valence-corrected chi connectivity index (χ3v) is 5.21. The minimum Gasteiger partial charge on any atom is -0.394 e. The first kappa shape index (κ1) is 14.1. The minimum atomic E-state index is -0.0224. The maximum Gasteiger partial charge on any atom is 0.0934 e. The van der Waals surface area contributed by atoms with E-state index in [-0.39, 0.29) is 12.6 Å². The van der Waals surface area contributed by atoms with E-state index < -0.39 is 0 Å². The SMILES string of the molecule is OC[C@@H](NC1CCCc2sc(Cl)cc21)c1ccccc1. The predicted octanol–water partition coefficient (Wildman–Crippen LogP) is 4.10. The van der Waals surface area contributed by atoms with Crippen molar-refractivity contribution in [3.8, 4) is 0 Å². The Hall–Kier alpha value is -0.870. The summed E-state index contributed by atoms with van der Waals surface area (Å²) in [6.07, 6.45) is 3.40. The van der Waals surface area contributed by atoms with Crippen molar-refractivity contribution in [2.45, 2.75) is 31.3 Å². The van der Waals surface area contributed by atoms with Crippen LogP contribution in [0.3, 0.4) is 0 Å². The molecule has 1 heterocycles. The molecule has 0 aliphatic heterocycles. The van der Waals surface area contributed by atoms with Gasteiger partial charge in [0, 0.05) is 10.9 Å². The maximum absolute atomic E-state index is 9.68. The lowest BCUT2D eigenvalue weighted by Crippen LogP contribution is -2.30. The Balaban J connectivity index is 1.80. The fourth-order valence-corrected chi connectivity index (χ4v) is 4.26. The highest BCUT2D eigenvalue weighted by Crippen LogP contribution is 2.38. The third-order valence-electron chi connectivity index (χ3n) is 3.87. The quantitative estimate of drug-likeness (QED) is 0.891. The number of aliphatic hydroxyl groups is 1. The van der Waals surface area contributed by atoms with E-state index in [1.807, 2.05) is 18.2 Å². The molecule has 1 aromatic carbocycles. The molecule has 4 heteroatoms. The normalized spacial score (nSPS) is 19.6. The summed E-state index contributed by atoms with van der Waals surface area (Å²) >= 11 is 7.83. The molecule has 1 aliphatic carbocycles. The number of benzene rings is 1. The van der Waals surface area contributed by atoms with Crippen LogP contribution >= 0.6 is 22.9 Å². The highest BCUT2D eigenvalue weighted by Gasteiger charge is 2.25. The van der Waals surface area contributed by atoms with Crippen LogP contribution in [0.2, 0.25) is 4.34 Å². The van der Waals surface area contributed by atoms with Gasteiger partial charge in [-0.25, -0.2) is 0 Å². The van der Waals surface area contributed by atoms with E-state index >= 15 is 0 Å². The number of aliphatic hydroxyl groups excluding tert-OH is 1. The summed E-state index contributed by atoms with van der Waals surface area (Å²) in [6, 6.07) is 12.5. The van der Waals surface area contributed by atoms with Gasteiger partial charge in [-0.15, -0.1) is 11.3 Å². The minimum absolute atomic E-state index is 0.0224. The highest BCUT2D eigenvalue weighted by atomic mass is 35.5. The zero-order chi connectivity index (χ0) is 13.9. The highest BCUT2D eigenvalue weighted by molar-refractivity contribution is 7.16. The summed E-state index contributed by atoms with van der Waals surface area (Å²) < 4.78 is 0.865. The number of hydrogen-bond acceptors (Lipinski definition) is 3. The van der Waals surface area contributed by atoms with Crippen LogP contribution in [0, 0.1) is 0 Å². The van der Waals surface area contributed by atoms with Gasteiger partial charge in [-0.1, -0.05) is 41.9 Å². The molecular formula is C16H18ClNOS. The van der Waals surface area contributed by atoms with Gasteiger partial charge in [-0.2, -0.15) is 0 Å². The Bertz CT molecular complexity index is 569. The summed E-state index contributed by atoms with van der Waals surface area (Å²) in [5, 5.41) is 13.3. The van der Waals surface area contributed by atoms with Gasteiger partial charge in [0.05, 0.1) is 17.0 Å². The molecule has 1 unspecified atom stereocenters. The molecule has 0 saturated carbocycles. The number of thiophene rings is 1. The lowest BCUT2D eigenvalue weighted by molar-refractivity contribution is 0.228. The standard InChI is InChI=1S/C16H18ClNOS/c17-16-9-12-13(7-4-8-15(12)20-16)18-14(10-19)11-5-2-1-3-6-11/h1-3,5-6,9,13-14,18-19H,4,7-8,10H2/t13?,14-/m1/s1. The molecule has 0 bridgehead atoms. The van der Waals surface area contributed by atoms with E-state index in [0.717, 1.165) is 22.7 Å². The molecule has 20 heavy (non-hydrogen) atoms. The van der Waals surface area contributed by atoms with Crippen LogP contribution in [0.25, 0.3) is 0 Å². The molecule has 3 rings (SSSR count). The number of nitrogens with one attached hydrogen (secondary N) is 1. The Kier molecular flexibility index (Phi) is 4.41. The summed E-state index contributed by atoms with van der Waals surface area (Å²) in [5.74, 6) is 0. The molecule has 2 aromatic rings. The van der Waals surface area contributed by atoms with E-state index in [1.165, 1.54) is 16.9 Å². The molecule has 0 saturated heterocycles. The number of rotatable bonds is 4. The van der Waals surface area contributed by atoms with Crippen LogP contribution in [-0.2, 0) is 6.42 Å². The molecule has 2 nitrogen and oxygen atoms in total. The zero-order valence-electron chi connectivity index (χ0n) is 11.2. The second kappa shape index (κ2) is 6.27. The van der Waals surface area contributed by atoms with Crippen LogP contribution < -0.4 is 5.32 Å². The van der Waals surface area contributed by atoms with Crippen LogP contribution in [0.4, 0.5) is 0 Å². The van der Waals surface area contributed by atoms with E-state index in [2.05, 4.69) is 23.5 Å². The van der Waals surface area contributed by atoms with Crippen molar-refractivity contribution in [2.75, 3.05) is 6.61 Å². The maximum atomic E-state index is 9.68. The van der Waals surface area contributed by atoms with Gasteiger partial charge in [0.1, 0.15) is 0 Å². The molecule has 0 spiro atoms. The number of fused-ring (bicyclic) bond motifs is 1. The van der Waals surface area contributed by atoms with Crippen molar-refractivity contribution in [1.82, 2.24) is 5.32 Å². The van der Waals surface area contributed by atoms with Crippen molar-refractivity contribution in [3.05, 3.63) is 56.7 Å². The van der Waals surface area contributed by atoms with Gasteiger partial charge in [0.25, 0.3) is 0 Å². The molecule has 0 fully saturated rings. The Labute approximate surface area is 128 Å². The van der Waals surface area contributed by atoms with Crippen molar-refractivity contribution >= 4 is 22.9 Å². The van der Waals surface area contributed by atoms with E-state index in [9.17, 15) is 5.11 Å². The monoisotopic (exact) mass is 307 g/mol. The zero-order valence-corrected chi connectivity index (χ0v) is 12.8. The second-order valence-corrected chi connectivity index (χ2v) is 6.95. The number of aryl methyl sites for hydroxylation is 1. The van der Waals surface area contributed by atoms with Crippen LogP contribution in [0.5, 0.6) is 0 Å². The van der Waals surface area contributed by atoms with Crippen molar-refractivity contribution in [2.24, 2.45) is 0 Å². The summed E-state index contributed by atoms with van der Waals surface area (Å²) in [5.41, 5.74) is 2.45. The van der Waals surface area contributed by atoms with E-state index in [4.69, 9.17) is 11.6 Å². The van der Waals surface area contributed by atoms with Gasteiger partial charge in [0.15, 0.2) is 0 Å². The van der Waals surface area contributed by atoms with Crippen molar-refractivity contribution < 1.29 is 5.11 Å². The lowest BCUT2D eigenvalue weighted by Gasteiger charge is -2.28. The van der Waals surface area contributed by atoms with E-state index in [0.29, 0.717) is 6.04 Å². The largest absolute Gasteiger partial charge is 0.394 e.